The molecular formula is C19H30N4O8S. The van der Waals surface area contributed by atoms with E-state index in [0.29, 0.717) is 38.6 Å². The molecule has 1 aromatic rings. The molecule has 1 aromatic heterocycles. The lowest BCUT2D eigenvalue weighted by Gasteiger charge is -2.28. The van der Waals surface area contributed by atoms with Gasteiger partial charge < -0.3 is 30.3 Å². The number of aromatic nitrogens is 1. The first-order valence-electron chi connectivity index (χ1n) is 9.96. The van der Waals surface area contributed by atoms with E-state index in [4.69, 9.17) is 24.5 Å². The van der Waals surface area contributed by atoms with Crippen LogP contribution in [-0.4, -0.2) is 100.0 Å². The van der Waals surface area contributed by atoms with Gasteiger partial charge in [-0.3, -0.25) is 4.90 Å². The number of morpholine rings is 1. The number of amides is 2. The molecule has 0 aliphatic carbocycles. The molecule has 0 bridgehead atoms. The smallest absolute Gasteiger partial charge is 0.414 e. The Bertz CT molecular complexity index is 767. The molecule has 0 aromatic carbocycles. The van der Waals surface area contributed by atoms with Crippen molar-refractivity contribution >= 4 is 35.3 Å². The first-order chi connectivity index (χ1) is 15.0. The molecule has 0 spiro atoms. The lowest BCUT2D eigenvalue weighted by atomic mass is 10.2. The van der Waals surface area contributed by atoms with Crippen molar-refractivity contribution in [2.45, 2.75) is 38.8 Å². The van der Waals surface area contributed by atoms with Crippen molar-refractivity contribution < 1.29 is 39.2 Å². The predicted molar refractivity (Wildman–Crippen MR) is 115 cm³/mol. The maximum Gasteiger partial charge on any atom is 0.414 e. The summed E-state index contributed by atoms with van der Waals surface area (Å²) >= 11 is 1.57. The molecule has 4 N–H and O–H groups in total. The number of urea groups is 1. The van der Waals surface area contributed by atoms with E-state index in [1.54, 1.807) is 18.4 Å². The first kappa shape index (κ1) is 27.3. The average Bonchev–Trinajstić information content (AvgIpc) is 3.20. The lowest BCUT2D eigenvalue weighted by Crippen LogP contribution is -2.48. The van der Waals surface area contributed by atoms with Gasteiger partial charge in [0.15, 0.2) is 0 Å². The van der Waals surface area contributed by atoms with Crippen LogP contribution in [0.4, 0.5) is 4.79 Å². The van der Waals surface area contributed by atoms with Crippen LogP contribution in [0.5, 0.6) is 0 Å². The molecule has 1 aliphatic heterocycles. The maximum absolute atomic E-state index is 12.3. The van der Waals surface area contributed by atoms with Crippen LogP contribution < -0.4 is 5.32 Å². The van der Waals surface area contributed by atoms with E-state index in [0.717, 1.165) is 23.8 Å². The number of ether oxygens (including phenoxy) is 1. The zero-order valence-electron chi connectivity index (χ0n) is 18.3. The highest BCUT2D eigenvalue weighted by atomic mass is 32.1. The number of aliphatic carboxylic acids is 3. The van der Waals surface area contributed by atoms with E-state index in [1.165, 1.54) is 4.90 Å². The molecule has 2 rings (SSSR count). The first-order valence-corrected chi connectivity index (χ1v) is 10.8. The largest absolute Gasteiger partial charge is 0.480 e. The zero-order chi connectivity index (χ0) is 24.3. The molecule has 32 heavy (non-hydrogen) atoms. The minimum absolute atomic E-state index is 0.351. The Labute approximate surface area is 189 Å². The fourth-order valence-electron chi connectivity index (χ4n) is 2.63. The quantitative estimate of drug-likeness (QED) is 0.394. The lowest BCUT2D eigenvalue weighted by molar-refractivity contribution is -0.159. The molecule has 180 valence electrons. The molecular weight excluding hydrogens is 444 g/mol. The summed E-state index contributed by atoms with van der Waals surface area (Å²) in [5.41, 5.74) is 0.816. The number of carbonyl (C=O) groups is 4. The summed E-state index contributed by atoms with van der Waals surface area (Å²) in [6.07, 6.45) is 0.364. The van der Waals surface area contributed by atoms with Crippen LogP contribution in [0.15, 0.2) is 5.38 Å². The Morgan fingerprint density at radius 2 is 1.78 bits per heavy atom. The third-order valence-electron chi connectivity index (χ3n) is 4.43. The Balaban J connectivity index is 0.000000751. The van der Waals surface area contributed by atoms with Crippen molar-refractivity contribution in [3.8, 4) is 0 Å². The van der Waals surface area contributed by atoms with Crippen molar-refractivity contribution in [2.24, 2.45) is 0 Å². The second kappa shape index (κ2) is 13.6. The third-order valence-corrected chi connectivity index (χ3v) is 5.62. The van der Waals surface area contributed by atoms with E-state index < -0.39 is 30.0 Å². The number of rotatable bonds is 8. The number of nitrogens with zero attached hydrogens (tertiary/aromatic N) is 3. The maximum atomic E-state index is 12.3. The van der Waals surface area contributed by atoms with E-state index in [-0.39, 0.29) is 0 Å². The SMILES string of the molecule is CC(C)c1nc(CN(C)C(=O)N[C@@H](CCN2CCOCC2)C(=O)O)cs1.O=C(O)C(=O)O. The molecule has 13 heteroatoms. The summed E-state index contributed by atoms with van der Waals surface area (Å²) in [7, 11) is 1.64. The average molecular weight is 475 g/mol. The van der Waals surface area contributed by atoms with Gasteiger partial charge >= 0.3 is 23.9 Å². The van der Waals surface area contributed by atoms with Gasteiger partial charge in [-0.1, -0.05) is 13.8 Å². The zero-order valence-corrected chi connectivity index (χ0v) is 19.1. The number of hydrogen-bond donors (Lipinski definition) is 4. The molecule has 12 nitrogen and oxygen atoms in total. The molecule has 0 saturated carbocycles. The van der Waals surface area contributed by atoms with Crippen LogP contribution in [-0.2, 0) is 25.7 Å². The normalized spacial score (nSPS) is 14.8. The van der Waals surface area contributed by atoms with E-state index in [2.05, 4.69) is 29.0 Å². The van der Waals surface area contributed by atoms with Gasteiger partial charge in [-0.2, -0.15) is 0 Å². The molecule has 2 amide bonds. The predicted octanol–water partition coefficient (Wildman–Crippen LogP) is 0.739. The van der Waals surface area contributed by atoms with Gasteiger partial charge in [0.1, 0.15) is 6.04 Å². The molecule has 1 fully saturated rings. The number of thiazole rings is 1. The second-order valence-corrected chi connectivity index (χ2v) is 8.27. The summed E-state index contributed by atoms with van der Waals surface area (Å²) < 4.78 is 5.28. The molecule has 1 atom stereocenters. The third kappa shape index (κ3) is 10.0. The minimum atomic E-state index is -1.82. The van der Waals surface area contributed by atoms with Crippen molar-refractivity contribution in [3.63, 3.8) is 0 Å². The van der Waals surface area contributed by atoms with Crippen molar-refractivity contribution in [3.05, 3.63) is 16.1 Å². The van der Waals surface area contributed by atoms with Gasteiger partial charge in [0.25, 0.3) is 0 Å². The second-order valence-electron chi connectivity index (χ2n) is 7.38. The Kier molecular flexibility index (Phi) is 11.6. The van der Waals surface area contributed by atoms with Crippen LogP contribution in [0.3, 0.4) is 0 Å². The van der Waals surface area contributed by atoms with E-state index in [9.17, 15) is 14.7 Å². The number of carbonyl (C=O) groups excluding carboxylic acids is 1. The molecule has 2 heterocycles. The summed E-state index contributed by atoms with van der Waals surface area (Å²) in [5.74, 6) is -4.31. The van der Waals surface area contributed by atoms with Crippen LogP contribution in [0.25, 0.3) is 0 Å². The molecule has 1 saturated heterocycles. The van der Waals surface area contributed by atoms with Gasteiger partial charge in [-0.25, -0.2) is 24.2 Å². The molecule has 0 radical (unpaired) electrons. The Morgan fingerprint density at radius 3 is 2.25 bits per heavy atom. The highest BCUT2D eigenvalue weighted by molar-refractivity contribution is 7.09. The number of carboxylic acid groups (broad SMARTS) is 3. The topological polar surface area (TPSA) is 170 Å². The van der Waals surface area contributed by atoms with E-state index >= 15 is 0 Å². The minimum Gasteiger partial charge on any atom is -0.480 e. The van der Waals surface area contributed by atoms with Crippen LogP contribution in [0.2, 0.25) is 0 Å². The fraction of sp³-hybridized carbons (Fsp3) is 0.632. The van der Waals surface area contributed by atoms with Gasteiger partial charge in [-0.15, -0.1) is 11.3 Å². The fourth-order valence-corrected chi connectivity index (χ4v) is 3.45. The van der Waals surface area contributed by atoms with Crippen molar-refractivity contribution in [1.82, 2.24) is 20.1 Å². The summed E-state index contributed by atoms with van der Waals surface area (Å²) in [6.45, 7) is 8.04. The Hall–Kier alpha value is -2.77. The summed E-state index contributed by atoms with van der Waals surface area (Å²) in [6, 6.07) is -1.31. The van der Waals surface area contributed by atoms with E-state index in [1.807, 2.05) is 5.38 Å². The number of carboxylic acids is 3. The monoisotopic (exact) mass is 474 g/mol. The highest BCUT2D eigenvalue weighted by Crippen LogP contribution is 2.19. The van der Waals surface area contributed by atoms with Crippen LogP contribution in [0.1, 0.15) is 36.9 Å². The standard InChI is InChI=1S/C17H28N4O4S.C2H2O4/c1-12(2)15-18-13(11-26-15)10-20(3)17(24)19-14(16(22)23)4-5-21-6-8-25-9-7-21;3-1(4)2(5)6/h11-12,14H,4-10H2,1-3H3,(H,19,24)(H,22,23);(H,3,4)(H,5,6)/t14-;/m0./s1. The molecule has 1 aliphatic rings. The van der Waals surface area contributed by atoms with Crippen molar-refractivity contribution in [1.29, 1.82) is 0 Å². The van der Waals surface area contributed by atoms with Gasteiger partial charge in [0.2, 0.25) is 0 Å². The summed E-state index contributed by atoms with van der Waals surface area (Å²) in [4.78, 5) is 50.1. The molecule has 0 unspecified atom stereocenters. The van der Waals surface area contributed by atoms with Crippen LogP contribution >= 0.6 is 11.3 Å². The van der Waals surface area contributed by atoms with Crippen LogP contribution in [0, 0.1) is 0 Å². The Morgan fingerprint density at radius 1 is 1.19 bits per heavy atom. The van der Waals surface area contributed by atoms with Gasteiger partial charge in [-0.05, 0) is 6.42 Å². The van der Waals surface area contributed by atoms with Gasteiger partial charge in [0, 0.05) is 38.0 Å². The number of nitrogens with one attached hydrogen (secondary N) is 1. The van der Waals surface area contributed by atoms with Gasteiger partial charge in [0.05, 0.1) is 30.5 Å². The van der Waals surface area contributed by atoms with Crippen molar-refractivity contribution in [2.75, 3.05) is 39.9 Å². The highest BCUT2D eigenvalue weighted by Gasteiger charge is 2.23. The summed E-state index contributed by atoms with van der Waals surface area (Å²) in [5, 5.41) is 29.8. The number of hydrogen-bond acceptors (Lipinski definition) is 8.